The highest BCUT2D eigenvalue weighted by atomic mass is 32.2. The third kappa shape index (κ3) is 3.42. The molecule has 0 amide bonds. The Hall–Kier alpha value is -1.97. The number of aromatic amines is 1. The van der Waals surface area contributed by atoms with E-state index in [1.54, 1.807) is 7.05 Å². The van der Waals surface area contributed by atoms with E-state index < -0.39 is 10.0 Å². The molecule has 0 spiro atoms. The third-order valence-corrected chi connectivity index (χ3v) is 8.74. The number of fused-ring (bicyclic) bond motifs is 2. The van der Waals surface area contributed by atoms with Crippen molar-refractivity contribution >= 4 is 21.7 Å². The van der Waals surface area contributed by atoms with Crippen LogP contribution < -0.4 is 5.32 Å². The van der Waals surface area contributed by atoms with E-state index in [4.69, 9.17) is 0 Å². The first kappa shape index (κ1) is 20.0. The molecule has 1 aliphatic heterocycles. The minimum absolute atomic E-state index is 0.00614. The van der Waals surface area contributed by atoms with E-state index in [1.165, 1.54) is 39.4 Å². The van der Waals surface area contributed by atoms with Gasteiger partial charge in [-0.3, -0.25) is 4.98 Å². The molecule has 162 valence electrons. The van der Waals surface area contributed by atoms with Crippen molar-refractivity contribution in [2.75, 3.05) is 32.5 Å². The molecule has 3 aliphatic rings. The van der Waals surface area contributed by atoms with Gasteiger partial charge in [0.15, 0.2) is 0 Å². The fraction of sp³-hybridized carbons (Fsp3) is 0.619. The van der Waals surface area contributed by atoms with E-state index >= 15 is 0 Å². The normalized spacial score (nSPS) is 20.0. The van der Waals surface area contributed by atoms with Gasteiger partial charge in [-0.2, -0.15) is 4.31 Å². The summed E-state index contributed by atoms with van der Waals surface area (Å²) < 4.78 is 27.7. The van der Waals surface area contributed by atoms with Crippen LogP contribution >= 0.6 is 0 Å². The summed E-state index contributed by atoms with van der Waals surface area (Å²) >= 11 is 0. The van der Waals surface area contributed by atoms with Crippen molar-refractivity contribution in [1.29, 1.82) is 0 Å². The average Bonchev–Trinajstić information content (AvgIpc) is 3.48. The fourth-order valence-electron chi connectivity index (χ4n) is 5.20. The van der Waals surface area contributed by atoms with Crippen LogP contribution in [0.1, 0.15) is 47.9 Å². The number of aromatic nitrogens is 3. The molecule has 30 heavy (non-hydrogen) atoms. The Balaban J connectivity index is 1.39. The van der Waals surface area contributed by atoms with Crippen molar-refractivity contribution in [2.24, 2.45) is 0 Å². The summed E-state index contributed by atoms with van der Waals surface area (Å²) in [6.45, 7) is 1.80. The first-order chi connectivity index (χ1) is 14.4. The summed E-state index contributed by atoms with van der Waals surface area (Å²) in [6.07, 6.45) is 8.35. The predicted molar refractivity (Wildman–Crippen MR) is 116 cm³/mol. The van der Waals surface area contributed by atoms with Crippen LogP contribution in [0.5, 0.6) is 0 Å². The van der Waals surface area contributed by atoms with Crippen LogP contribution in [0.3, 0.4) is 0 Å². The third-order valence-electron chi connectivity index (χ3n) is 7.01. The lowest BCUT2D eigenvalue weighted by molar-refractivity contribution is 0.197. The average molecular weight is 431 g/mol. The molecule has 5 rings (SSSR count). The number of aryl methyl sites for hydroxylation is 2. The summed E-state index contributed by atoms with van der Waals surface area (Å²) in [7, 11) is 0.0115. The summed E-state index contributed by atoms with van der Waals surface area (Å²) in [5.74, 6) is 0.403. The SMILES string of the molecule is CN1CCC(N(C)S(=O)(=O)c2nnc(Nc3c4c(cc5c3CCC5)CCC4)[nH]2)CC1. The Labute approximate surface area is 178 Å². The van der Waals surface area contributed by atoms with Crippen molar-refractivity contribution in [3.63, 3.8) is 0 Å². The Kier molecular flexibility index (Phi) is 5.07. The molecule has 0 unspecified atom stereocenters. The molecule has 2 aromatic rings. The number of H-pyrrole nitrogens is 1. The van der Waals surface area contributed by atoms with Crippen molar-refractivity contribution in [3.8, 4) is 0 Å². The van der Waals surface area contributed by atoms with Crippen LogP contribution in [-0.2, 0) is 35.7 Å². The summed E-state index contributed by atoms with van der Waals surface area (Å²) in [6, 6.07) is 2.37. The van der Waals surface area contributed by atoms with Gasteiger partial charge in [-0.1, -0.05) is 6.07 Å². The molecule has 1 saturated heterocycles. The summed E-state index contributed by atoms with van der Waals surface area (Å²) in [5, 5.41) is 11.4. The van der Waals surface area contributed by atoms with E-state index in [0.717, 1.165) is 57.3 Å². The predicted octanol–water partition coefficient (Wildman–Crippen LogP) is 2.24. The standard InChI is InChI=1S/C21H30N6O2S/c1-26-11-9-16(10-12-26)27(2)30(28,29)21-23-20(24-25-21)22-19-17-7-3-5-14(17)13-15-6-4-8-18(15)19/h13,16H,3-12H2,1-2H3,(H2,22,23,24,25). The zero-order valence-electron chi connectivity index (χ0n) is 17.7. The van der Waals surface area contributed by atoms with Gasteiger partial charge < -0.3 is 10.2 Å². The zero-order valence-corrected chi connectivity index (χ0v) is 18.6. The van der Waals surface area contributed by atoms with E-state index in [1.807, 2.05) is 0 Å². The van der Waals surface area contributed by atoms with Gasteiger partial charge in [-0.15, -0.1) is 10.2 Å². The van der Waals surface area contributed by atoms with Crippen LogP contribution in [0.25, 0.3) is 0 Å². The van der Waals surface area contributed by atoms with Gasteiger partial charge in [-0.05, 0) is 93.8 Å². The maximum Gasteiger partial charge on any atom is 0.278 e. The van der Waals surface area contributed by atoms with Crippen LogP contribution in [0.4, 0.5) is 11.6 Å². The number of anilines is 2. The molecule has 2 aliphatic carbocycles. The lowest BCUT2D eigenvalue weighted by atomic mass is 9.99. The Morgan fingerprint density at radius 3 is 2.33 bits per heavy atom. The molecular formula is C21H30N6O2S. The molecule has 0 atom stereocenters. The van der Waals surface area contributed by atoms with Gasteiger partial charge in [0.1, 0.15) is 0 Å². The number of hydrogen-bond acceptors (Lipinski definition) is 6. The molecule has 2 heterocycles. The fourth-order valence-corrected chi connectivity index (χ4v) is 6.44. The van der Waals surface area contributed by atoms with Crippen molar-refractivity contribution in [2.45, 2.75) is 62.6 Å². The molecule has 8 nitrogen and oxygen atoms in total. The molecule has 0 saturated carbocycles. The van der Waals surface area contributed by atoms with Crippen molar-refractivity contribution < 1.29 is 8.42 Å². The second kappa shape index (κ2) is 7.62. The number of nitrogens with one attached hydrogen (secondary N) is 2. The number of likely N-dealkylation sites (tertiary alicyclic amines) is 1. The first-order valence-corrected chi connectivity index (χ1v) is 12.4. The Bertz CT molecular complexity index is 1020. The van der Waals surface area contributed by atoms with E-state index in [-0.39, 0.29) is 11.2 Å². The smallest absolute Gasteiger partial charge is 0.278 e. The monoisotopic (exact) mass is 430 g/mol. The lowest BCUT2D eigenvalue weighted by Gasteiger charge is -2.33. The van der Waals surface area contributed by atoms with Gasteiger partial charge in [0.2, 0.25) is 5.95 Å². The number of nitrogens with zero attached hydrogens (tertiary/aromatic N) is 4. The molecule has 0 radical (unpaired) electrons. The van der Waals surface area contributed by atoms with Gasteiger partial charge in [0.05, 0.1) is 0 Å². The highest BCUT2D eigenvalue weighted by molar-refractivity contribution is 7.88. The summed E-state index contributed by atoms with van der Waals surface area (Å²) in [5.41, 5.74) is 6.70. The van der Waals surface area contributed by atoms with Crippen molar-refractivity contribution in [1.82, 2.24) is 24.4 Å². The number of rotatable bonds is 5. The number of piperidine rings is 1. The molecule has 1 aromatic carbocycles. The van der Waals surface area contributed by atoms with E-state index in [2.05, 4.69) is 38.5 Å². The van der Waals surface area contributed by atoms with Gasteiger partial charge in [-0.25, -0.2) is 8.42 Å². The first-order valence-electron chi connectivity index (χ1n) is 11.0. The zero-order chi connectivity index (χ0) is 20.9. The molecule has 1 aromatic heterocycles. The number of sulfonamides is 1. The molecule has 1 fully saturated rings. The minimum atomic E-state index is -3.70. The Morgan fingerprint density at radius 2 is 1.70 bits per heavy atom. The Morgan fingerprint density at radius 1 is 1.07 bits per heavy atom. The highest BCUT2D eigenvalue weighted by Crippen LogP contribution is 2.39. The van der Waals surface area contributed by atoms with E-state index in [9.17, 15) is 8.42 Å². The lowest BCUT2D eigenvalue weighted by Crippen LogP contribution is -2.44. The van der Waals surface area contributed by atoms with Gasteiger partial charge in [0, 0.05) is 18.8 Å². The maximum atomic E-state index is 13.1. The summed E-state index contributed by atoms with van der Waals surface area (Å²) in [4.78, 5) is 5.17. The molecular weight excluding hydrogens is 400 g/mol. The molecule has 9 heteroatoms. The van der Waals surface area contributed by atoms with Gasteiger partial charge >= 0.3 is 0 Å². The molecule has 2 N–H and O–H groups in total. The van der Waals surface area contributed by atoms with E-state index in [0.29, 0.717) is 5.95 Å². The largest absolute Gasteiger partial charge is 0.324 e. The minimum Gasteiger partial charge on any atom is -0.324 e. The second-order valence-electron chi connectivity index (χ2n) is 8.89. The maximum absolute atomic E-state index is 13.1. The van der Waals surface area contributed by atoms with Crippen LogP contribution in [0.2, 0.25) is 0 Å². The molecule has 0 bridgehead atoms. The quantitative estimate of drug-likeness (QED) is 0.756. The highest BCUT2D eigenvalue weighted by Gasteiger charge is 2.33. The van der Waals surface area contributed by atoms with Gasteiger partial charge in [0.25, 0.3) is 15.2 Å². The second-order valence-corrected chi connectivity index (χ2v) is 10.8. The van der Waals surface area contributed by atoms with Crippen LogP contribution in [0.15, 0.2) is 11.2 Å². The van der Waals surface area contributed by atoms with Crippen LogP contribution in [-0.4, -0.2) is 66.0 Å². The number of benzene rings is 1. The van der Waals surface area contributed by atoms with Crippen molar-refractivity contribution in [3.05, 3.63) is 28.3 Å². The topological polar surface area (TPSA) is 94.2 Å². The van der Waals surface area contributed by atoms with Crippen LogP contribution in [0, 0.1) is 0 Å². The number of hydrogen-bond donors (Lipinski definition) is 2.